The summed E-state index contributed by atoms with van der Waals surface area (Å²) in [6.07, 6.45) is 4.21. The summed E-state index contributed by atoms with van der Waals surface area (Å²) >= 11 is 0. The Balaban J connectivity index is 1.90. The van der Waals surface area contributed by atoms with Gasteiger partial charge in [0.25, 0.3) is 0 Å². The first-order valence-corrected chi connectivity index (χ1v) is 6.92. The lowest BCUT2D eigenvalue weighted by Crippen LogP contribution is -2.37. The molecule has 0 unspecified atom stereocenters. The minimum absolute atomic E-state index is 0.580. The molecule has 1 saturated carbocycles. The highest BCUT2D eigenvalue weighted by atomic mass is 15.0. The predicted octanol–water partition coefficient (Wildman–Crippen LogP) is 3.40. The maximum atomic E-state index is 3.64. The first-order chi connectivity index (χ1) is 8.06. The molecule has 0 spiro atoms. The zero-order valence-electron chi connectivity index (χ0n) is 11.8. The number of nitrogens with zero attached hydrogens (tertiary/aromatic N) is 1. The van der Waals surface area contributed by atoms with Gasteiger partial charge >= 0.3 is 0 Å². The van der Waals surface area contributed by atoms with Crippen molar-refractivity contribution >= 4 is 0 Å². The van der Waals surface area contributed by atoms with Crippen LogP contribution in [0.5, 0.6) is 0 Å². The van der Waals surface area contributed by atoms with Gasteiger partial charge in [-0.15, -0.1) is 0 Å². The second kappa shape index (κ2) is 4.85. The van der Waals surface area contributed by atoms with Crippen LogP contribution in [-0.4, -0.2) is 11.1 Å². The Morgan fingerprint density at radius 3 is 2.53 bits per heavy atom. The Morgan fingerprint density at radius 1 is 1.35 bits per heavy atom. The van der Waals surface area contributed by atoms with E-state index in [1.54, 1.807) is 0 Å². The maximum Gasteiger partial charge on any atom is 0.0223 e. The lowest BCUT2D eigenvalue weighted by atomic mass is 9.70. The van der Waals surface area contributed by atoms with E-state index in [0.29, 0.717) is 5.41 Å². The van der Waals surface area contributed by atoms with Crippen LogP contribution in [0.2, 0.25) is 0 Å². The van der Waals surface area contributed by atoms with Crippen molar-refractivity contribution in [2.75, 3.05) is 6.54 Å². The SMILES string of the molecule is CCn1c(C)cc(CNCC2(C)CCC2)c1C. The monoisotopic (exact) mass is 234 g/mol. The number of rotatable bonds is 5. The minimum Gasteiger partial charge on any atom is -0.349 e. The summed E-state index contributed by atoms with van der Waals surface area (Å²) in [4.78, 5) is 0. The maximum absolute atomic E-state index is 3.64. The minimum atomic E-state index is 0.580. The molecule has 0 aliphatic heterocycles. The van der Waals surface area contributed by atoms with Gasteiger partial charge in [-0.05, 0) is 50.7 Å². The molecule has 0 atom stereocenters. The van der Waals surface area contributed by atoms with Crippen LogP contribution in [0.3, 0.4) is 0 Å². The van der Waals surface area contributed by atoms with Crippen LogP contribution in [0.15, 0.2) is 6.07 Å². The quantitative estimate of drug-likeness (QED) is 0.826. The highest BCUT2D eigenvalue weighted by Crippen LogP contribution is 2.39. The van der Waals surface area contributed by atoms with E-state index in [2.05, 4.69) is 43.6 Å². The Labute approximate surface area is 105 Å². The number of hydrogen-bond donors (Lipinski definition) is 1. The zero-order chi connectivity index (χ0) is 12.5. The Morgan fingerprint density at radius 2 is 2.06 bits per heavy atom. The van der Waals surface area contributed by atoms with Crippen molar-refractivity contribution in [2.45, 2.75) is 60.0 Å². The molecule has 1 aliphatic carbocycles. The summed E-state index contributed by atoms with van der Waals surface area (Å²) in [6.45, 7) is 12.3. The Kier molecular flexibility index (Phi) is 3.62. The van der Waals surface area contributed by atoms with Gasteiger partial charge in [0, 0.05) is 31.0 Å². The molecule has 1 aromatic rings. The molecule has 2 rings (SSSR count). The normalized spacial score (nSPS) is 18.1. The molecule has 0 amide bonds. The summed E-state index contributed by atoms with van der Waals surface area (Å²) < 4.78 is 2.39. The van der Waals surface area contributed by atoms with E-state index in [1.165, 1.54) is 42.8 Å². The fourth-order valence-electron chi connectivity index (χ4n) is 2.99. The number of aryl methyl sites for hydroxylation is 1. The van der Waals surface area contributed by atoms with E-state index in [0.717, 1.165) is 13.1 Å². The van der Waals surface area contributed by atoms with Gasteiger partial charge in [-0.3, -0.25) is 0 Å². The molecular weight excluding hydrogens is 208 g/mol. The highest BCUT2D eigenvalue weighted by Gasteiger charge is 2.30. The summed E-state index contributed by atoms with van der Waals surface area (Å²) in [5, 5.41) is 3.64. The average Bonchev–Trinajstić information content (AvgIpc) is 2.51. The number of aromatic nitrogens is 1. The van der Waals surface area contributed by atoms with Crippen molar-refractivity contribution in [3.8, 4) is 0 Å². The molecule has 17 heavy (non-hydrogen) atoms. The first-order valence-electron chi connectivity index (χ1n) is 6.92. The van der Waals surface area contributed by atoms with Crippen LogP contribution < -0.4 is 5.32 Å². The van der Waals surface area contributed by atoms with Crippen molar-refractivity contribution in [3.05, 3.63) is 23.0 Å². The third-order valence-electron chi connectivity index (χ3n) is 4.42. The largest absolute Gasteiger partial charge is 0.349 e. The molecule has 2 nitrogen and oxygen atoms in total. The fourth-order valence-corrected chi connectivity index (χ4v) is 2.99. The molecule has 0 aromatic carbocycles. The topological polar surface area (TPSA) is 17.0 Å². The smallest absolute Gasteiger partial charge is 0.0223 e. The molecule has 0 saturated heterocycles. The molecule has 1 N–H and O–H groups in total. The van der Waals surface area contributed by atoms with Gasteiger partial charge in [-0.2, -0.15) is 0 Å². The zero-order valence-corrected chi connectivity index (χ0v) is 11.8. The van der Waals surface area contributed by atoms with Gasteiger partial charge in [-0.25, -0.2) is 0 Å². The molecule has 1 heterocycles. The van der Waals surface area contributed by atoms with Gasteiger partial charge in [-0.1, -0.05) is 13.3 Å². The summed E-state index contributed by atoms with van der Waals surface area (Å²) in [5.74, 6) is 0. The first kappa shape index (κ1) is 12.7. The van der Waals surface area contributed by atoms with Crippen LogP contribution in [-0.2, 0) is 13.1 Å². The lowest BCUT2D eigenvalue weighted by molar-refractivity contribution is 0.156. The van der Waals surface area contributed by atoms with Crippen LogP contribution in [0.25, 0.3) is 0 Å². The van der Waals surface area contributed by atoms with E-state index in [4.69, 9.17) is 0 Å². The van der Waals surface area contributed by atoms with Gasteiger partial charge in [0.15, 0.2) is 0 Å². The van der Waals surface area contributed by atoms with Crippen LogP contribution in [0.4, 0.5) is 0 Å². The summed E-state index contributed by atoms with van der Waals surface area (Å²) in [7, 11) is 0. The van der Waals surface area contributed by atoms with Crippen LogP contribution >= 0.6 is 0 Å². The molecule has 0 radical (unpaired) electrons. The molecule has 1 fully saturated rings. The van der Waals surface area contributed by atoms with Gasteiger partial charge in [0.05, 0.1) is 0 Å². The van der Waals surface area contributed by atoms with E-state index >= 15 is 0 Å². The lowest BCUT2D eigenvalue weighted by Gasteiger charge is -2.38. The van der Waals surface area contributed by atoms with E-state index < -0.39 is 0 Å². The predicted molar refractivity (Wildman–Crippen MR) is 73.2 cm³/mol. The Hall–Kier alpha value is -0.760. The van der Waals surface area contributed by atoms with Gasteiger partial charge in [0.2, 0.25) is 0 Å². The highest BCUT2D eigenvalue weighted by molar-refractivity contribution is 5.26. The number of nitrogens with one attached hydrogen (secondary N) is 1. The summed E-state index contributed by atoms with van der Waals surface area (Å²) in [6, 6.07) is 2.33. The molecule has 1 aromatic heterocycles. The third-order valence-corrected chi connectivity index (χ3v) is 4.42. The standard InChI is InChI=1S/C15H26N2/c1-5-17-12(2)9-14(13(17)3)10-16-11-15(4)7-6-8-15/h9,16H,5-8,10-11H2,1-4H3. The van der Waals surface area contributed by atoms with E-state index in [-0.39, 0.29) is 0 Å². The second-order valence-electron chi connectivity index (χ2n) is 5.91. The van der Waals surface area contributed by atoms with Crippen molar-refractivity contribution in [1.29, 1.82) is 0 Å². The van der Waals surface area contributed by atoms with Crippen LogP contribution in [0.1, 0.15) is 50.1 Å². The number of hydrogen-bond acceptors (Lipinski definition) is 1. The van der Waals surface area contributed by atoms with E-state index in [1.807, 2.05) is 0 Å². The van der Waals surface area contributed by atoms with Crippen LogP contribution in [0, 0.1) is 19.3 Å². The molecule has 96 valence electrons. The fraction of sp³-hybridized carbons (Fsp3) is 0.733. The average molecular weight is 234 g/mol. The second-order valence-corrected chi connectivity index (χ2v) is 5.91. The van der Waals surface area contributed by atoms with E-state index in [9.17, 15) is 0 Å². The molecule has 2 heteroatoms. The van der Waals surface area contributed by atoms with Crippen molar-refractivity contribution in [3.63, 3.8) is 0 Å². The molecule has 1 aliphatic rings. The van der Waals surface area contributed by atoms with Crippen molar-refractivity contribution in [1.82, 2.24) is 9.88 Å². The summed E-state index contributed by atoms with van der Waals surface area (Å²) in [5.41, 5.74) is 4.86. The van der Waals surface area contributed by atoms with Crippen molar-refractivity contribution in [2.24, 2.45) is 5.41 Å². The third kappa shape index (κ3) is 2.57. The molecular formula is C15H26N2. The van der Waals surface area contributed by atoms with Gasteiger partial charge in [0.1, 0.15) is 0 Å². The molecule has 0 bridgehead atoms. The van der Waals surface area contributed by atoms with Crippen molar-refractivity contribution < 1.29 is 0 Å². The Bertz CT molecular complexity index is 386. The van der Waals surface area contributed by atoms with Gasteiger partial charge < -0.3 is 9.88 Å².